The van der Waals surface area contributed by atoms with E-state index in [1.165, 1.54) is 5.56 Å². The predicted octanol–water partition coefficient (Wildman–Crippen LogP) is 1.25. The lowest BCUT2D eigenvalue weighted by Gasteiger charge is -2.32. The van der Waals surface area contributed by atoms with Gasteiger partial charge in [-0.05, 0) is 30.7 Å². The molecule has 0 unspecified atom stereocenters. The fourth-order valence-electron chi connectivity index (χ4n) is 3.44. The molecule has 1 aromatic rings. The Labute approximate surface area is 146 Å². The molecule has 3 rings (SSSR count). The van der Waals surface area contributed by atoms with Crippen molar-refractivity contribution in [3.63, 3.8) is 0 Å². The maximum absolute atomic E-state index is 12.2. The van der Waals surface area contributed by atoms with Gasteiger partial charge in [0, 0.05) is 24.4 Å². The van der Waals surface area contributed by atoms with Crippen LogP contribution >= 0.6 is 0 Å². The standard InChI is InChI=1S/C18H23N3O4/c22-17(12-19-18(23)15-11-16(15)21(24)25)20-8-6-14(7-9-20)10-13-4-2-1-3-5-13/h1-5,14-16H,6-12H2,(H,19,23)/t15-,16-/m0/s1. The summed E-state index contributed by atoms with van der Waals surface area (Å²) in [5, 5.41) is 13.1. The fraction of sp³-hybridized carbons (Fsp3) is 0.556. The van der Waals surface area contributed by atoms with Crippen molar-refractivity contribution in [1.29, 1.82) is 0 Å². The summed E-state index contributed by atoms with van der Waals surface area (Å²) < 4.78 is 0. The van der Waals surface area contributed by atoms with Gasteiger partial charge in [-0.15, -0.1) is 0 Å². The van der Waals surface area contributed by atoms with Gasteiger partial charge in [0.15, 0.2) is 0 Å². The lowest BCUT2D eigenvalue weighted by Crippen LogP contribution is -2.44. The average molecular weight is 345 g/mol. The van der Waals surface area contributed by atoms with Gasteiger partial charge in [0.25, 0.3) is 0 Å². The van der Waals surface area contributed by atoms with E-state index in [0.29, 0.717) is 19.0 Å². The van der Waals surface area contributed by atoms with Gasteiger partial charge < -0.3 is 10.2 Å². The minimum absolute atomic E-state index is 0.0663. The average Bonchev–Trinajstić information content (AvgIpc) is 3.42. The number of rotatable bonds is 6. The molecule has 0 aromatic heterocycles. The normalized spacial score (nSPS) is 23.1. The molecule has 2 fully saturated rings. The molecule has 1 saturated heterocycles. The number of benzene rings is 1. The second-order valence-corrected chi connectivity index (χ2v) is 6.93. The Balaban J connectivity index is 1.37. The molecule has 134 valence electrons. The molecule has 7 nitrogen and oxygen atoms in total. The number of carbonyl (C=O) groups is 2. The molecule has 1 aromatic carbocycles. The first-order chi connectivity index (χ1) is 12.0. The van der Waals surface area contributed by atoms with Gasteiger partial charge in [0.05, 0.1) is 6.54 Å². The smallest absolute Gasteiger partial charge is 0.241 e. The topological polar surface area (TPSA) is 92.6 Å². The molecule has 1 aliphatic carbocycles. The summed E-state index contributed by atoms with van der Waals surface area (Å²) in [7, 11) is 0. The monoisotopic (exact) mass is 345 g/mol. The third-order valence-electron chi connectivity index (χ3n) is 5.11. The lowest BCUT2D eigenvalue weighted by molar-refractivity contribution is -0.497. The van der Waals surface area contributed by atoms with E-state index in [4.69, 9.17) is 0 Å². The molecular formula is C18H23N3O4. The highest BCUT2D eigenvalue weighted by molar-refractivity contribution is 5.87. The molecule has 1 aliphatic heterocycles. The number of likely N-dealkylation sites (tertiary alicyclic amines) is 1. The van der Waals surface area contributed by atoms with Gasteiger partial charge in [0.1, 0.15) is 5.92 Å². The molecular weight excluding hydrogens is 322 g/mol. The van der Waals surface area contributed by atoms with Gasteiger partial charge >= 0.3 is 0 Å². The van der Waals surface area contributed by atoms with Crippen LogP contribution in [0, 0.1) is 22.0 Å². The summed E-state index contributed by atoms with van der Waals surface area (Å²) in [6.07, 6.45) is 3.22. The molecule has 2 amide bonds. The van der Waals surface area contributed by atoms with Crippen LogP contribution in [0.5, 0.6) is 0 Å². The molecule has 2 atom stereocenters. The molecule has 25 heavy (non-hydrogen) atoms. The molecule has 0 bridgehead atoms. The summed E-state index contributed by atoms with van der Waals surface area (Å²) in [4.78, 5) is 35.9. The minimum atomic E-state index is -0.774. The van der Waals surface area contributed by atoms with Gasteiger partial charge in [-0.3, -0.25) is 19.7 Å². The first-order valence-corrected chi connectivity index (χ1v) is 8.77. The van der Waals surface area contributed by atoms with Crippen molar-refractivity contribution in [3.05, 3.63) is 46.0 Å². The van der Waals surface area contributed by atoms with E-state index in [0.717, 1.165) is 19.3 Å². The van der Waals surface area contributed by atoms with Crippen LogP contribution < -0.4 is 5.32 Å². The minimum Gasteiger partial charge on any atom is -0.347 e. The van der Waals surface area contributed by atoms with Crippen LogP contribution in [0.15, 0.2) is 30.3 Å². The Morgan fingerprint density at radius 3 is 2.48 bits per heavy atom. The quantitative estimate of drug-likeness (QED) is 0.620. The van der Waals surface area contributed by atoms with Crippen molar-refractivity contribution >= 4 is 11.8 Å². The highest BCUT2D eigenvalue weighted by Gasteiger charge is 2.53. The first kappa shape index (κ1) is 17.4. The maximum atomic E-state index is 12.2. The second-order valence-electron chi connectivity index (χ2n) is 6.93. The Morgan fingerprint density at radius 1 is 1.20 bits per heavy atom. The molecule has 0 radical (unpaired) electrons. The summed E-state index contributed by atoms with van der Waals surface area (Å²) >= 11 is 0. The van der Waals surface area contributed by atoms with Crippen LogP contribution in [-0.2, 0) is 16.0 Å². The predicted molar refractivity (Wildman–Crippen MR) is 91.3 cm³/mol. The van der Waals surface area contributed by atoms with Crippen molar-refractivity contribution < 1.29 is 14.5 Å². The fourth-order valence-corrected chi connectivity index (χ4v) is 3.44. The third-order valence-corrected chi connectivity index (χ3v) is 5.11. The van der Waals surface area contributed by atoms with Crippen LogP contribution in [0.2, 0.25) is 0 Å². The number of nitrogens with one attached hydrogen (secondary N) is 1. The Hall–Kier alpha value is -2.44. The van der Waals surface area contributed by atoms with Crippen molar-refractivity contribution in [2.75, 3.05) is 19.6 Å². The van der Waals surface area contributed by atoms with E-state index in [1.807, 2.05) is 18.2 Å². The van der Waals surface area contributed by atoms with Crippen LogP contribution in [-0.4, -0.2) is 47.3 Å². The van der Waals surface area contributed by atoms with E-state index in [1.54, 1.807) is 4.90 Å². The van der Waals surface area contributed by atoms with Crippen molar-refractivity contribution in [2.24, 2.45) is 11.8 Å². The number of hydrogen-bond acceptors (Lipinski definition) is 4. The van der Waals surface area contributed by atoms with Crippen LogP contribution in [0.3, 0.4) is 0 Å². The summed E-state index contributed by atoms with van der Waals surface area (Å²) in [5.74, 6) is -0.480. The molecule has 0 spiro atoms. The summed E-state index contributed by atoms with van der Waals surface area (Å²) in [6, 6.07) is 9.57. The number of carbonyl (C=O) groups excluding carboxylic acids is 2. The summed E-state index contributed by atoms with van der Waals surface area (Å²) in [6.45, 7) is 1.34. The lowest BCUT2D eigenvalue weighted by atomic mass is 9.90. The Morgan fingerprint density at radius 2 is 1.88 bits per heavy atom. The van der Waals surface area contributed by atoms with Gasteiger partial charge in [0.2, 0.25) is 17.9 Å². The molecule has 2 aliphatic rings. The van der Waals surface area contributed by atoms with Gasteiger partial charge in [-0.1, -0.05) is 30.3 Å². The van der Waals surface area contributed by atoms with E-state index in [-0.39, 0.29) is 24.8 Å². The van der Waals surface area contributed by atoms with Crippen LogP contribution in [0.25, 0.3) is 0 Å². The van der Waals surface area contributed by atoms with Crippen molar-refractivity contribution in [2.45, 2.75) is 31.7 Å². The van der Waals surface area contributed by atoms with E-state index < -0.39 is 16.9 Å². The summed E-state index contributed by atoms with van der Waals surface area (Å²) in [5.41, 5.74) is 1.32. The number of hydrogen-bond donors (Lipinski definition) is 1. The van der Waals surface area contributed by atoms with E-state index in [9.17, 15) is 19.7 Å². The number of amides is 2. The van der Waals surface area contributed by atoms with Gasteiger partial charge in [-0.2, -0.15) is 0 Å². The zero-order chi connectivity index (χ0) is 17.8. The highest BCUT2D eigenvalue weighted by atomic mass is 16.6. The number of nitro groups is 1. The second kappa shape index (κ2) is 7.63. The van der Waals surface area contributed by atoms with Crippen LogP contribution in [0.1, 0.15) is 24.8 Å². The Bertz CT molecular complexity index is 641. The van der Waals surface area contributed by atoms with Gasteiger partial charge in [-0.25, -0.2) is 0 Å². The van der Waals surface area contributed by atoms with Crippen molar-refractivity contribution in [1.82, 2.24) is 10.2 Å². The maximum Gasteiger partial charge on any atom is 0.241 e. The molecule has 1 saturated carbocycles. The largest absolute Gasteiger partial charge is 0.347 e. The molecule has 1 N–H and O–H groups in total. The zero-order valence-electron chi connectivity index (χ0n) is 14.1. The molecule has 7 heteroatoms. The number of piperidine rings is 1. The number of nitrogens with zero attached hydrogens (tertiary/aromatic N) is 2. The zero-order valence-corrected chi connectivity index (χ0v) is 14.1. The third kappa shape index (κ3) is 4.55. The first-order valence-electron chi connectivity index (χ1n) is 8.77. The van der Waals surface area contributed by atoms with Crippen LogP contribution in [0.4, 0.5) is 0 Å². The van der Waals surface area contributed by atoms with E-state index in [2.05, 4.69) is 17.4 Å². The Kier molecular flexibility index (Phi) is 5.31. The SMILES string of the molecule is O=C(NCC(=O)N1CCC(Cc2ccccc2)CC1)[C@H]1C[C@@H]1[N+](=O)[O-]. The molecule has 1 heterocycles. The van der Waals surface area contributed by atoms with Crippen molar-refractivity contribution in [3.8, 4) is 0 Å². The van der Waals surface area contributed by atoms with E-state index >= 15 is 0 Å². The highest BCUT2D eigenvalue weighted by Crippen LogP contribution is 2.32.